The summed E-state index contributed by atoms with van der Waals surface area (Å²) in [5.41, 5.74) is 11.7. The molecule has 2 heteroatoms. The van der Waals surface area contributed by atoms with Crippen LogP contribution in [0.5, 0.6) is 0 Å². The maximum atomic E-state index is 4.75. The molecule has 0 N–H and O–H groups in total. The van der Waals surface area contributed by atoms with E-state index in [1.807, 2.05) is 12.3 Å². The van der Waals surface area contributed by atoms with E-state index in [9.17, 15) is 0 Å². The number of nitrogens with zero attached hydrogens (tertiary/aromatic N) is 2. The lowest BCUT2D eigenvalue weighted by molar-refractivity contribution is -0.633. The van der Waals surface area contributed by atoms with E-state index in [0.717, 1.165) is 6.42 Å². The molecule has 0 radical (unpaired) electrons. The molecule has 1 aliphatic rings. The molecule has 2 nitrogen and oxygen atoms in total. The van der Waals surface area contributed by atoms with E-state index in [4.69, 9.17) is 4.98 Å². The van der Waals surface area contributed by atoms with Gasteiger partial charge in [-0.1, -0.05) is 52.0 Å². The van der Waals surface area contributed by atoms with Crippen LogP contribution < -0.4 is 4.57 Å². The highest BCUT2D eigenvalue weighted by molar-refractivity contribution is 5.85. The standard InChI is InChI=1S/C29H31N2/c1-18(2)15-20-9-7-11-26-21(20)12-13-27(31(26)6)23-17-25-24(16-19(23)3)22-10-8-14-30-28(22)29(25,4)5/h7-14,16-18H,15H2,1-6H3/q+1. The van der Waals surface area contributed by atoms with Crippen molar-refractivity contribution in [2.75, 3.05) is 0 Å². The first-order valence-electron chi connectivity index (χ1n) is 11.3. The molecule has 0 saturated heterocycles. The Bertz CT molecular complexity index is 1330. The van der Waals surface area contributed by atoms with Crippen LogP contribution in [0.25, 0.3) is 33.3 Å². The molecular weight excluding hydrogens is 376 g/mol. The van der Waals surface area contributed by atoms with Crippen molar-refractivity contribution < 1.29 is 4.57 Å². The van der Waals surface area contributed by atoms with Gasteiger partial charge in [0.25, 0.3) is 0 Å². The quantitative estimate of drug-likeness (QED) is 0.352. The zero-order valence-electron chi connectivity index (χ0n) is 19.5. The molecule has 0 spiro atoms. The lowest BCUT2D eigenvalue weighted by Crippen LogP contribution is -2.32. The van der Waals surface area contributed by atoms with Crippen LogP contribution >= 0.6 is 0 Å². The number of aryl methyl sites for hydroxylation is 2. The summed E-state index contributed by atoms with van der Waals surface area (Å²) in [7, 11) is 2.20. The van der Waals surface area contributed by atoms with Crippen molar-refractivity contribution in [3.8, 4) is 22.4 Å². The van der Waals surface area contributed by atoms with E-state index < -0.39 is 0 Å². The Labute approximate surface area is 185 Å². The second-order valence-electron chi connectivity index (χ2n) is 9.96. The maximum Gasteiger partial charge on any atom is 0.213 e. The molecule has 0 aliphatic heterocycles. The van der Waals surface area contributed by atoms with Crippen LogP contribution in [0, 0.1) is 12.8 Å². The third kappa shape index (κ3) is 3.00. The summed E-state index contributed by atoms with van der Waals surface area (Å²) in [5, 5.41) is 1.36. The van der Waals surface area contributed by atoms with Crippen molar-refractivity contribution in [2.24, 2.45) is 13.0 Å². The fourth-order valence-corrected chi connectivity index (χ4v) is 5.35. The summed E-state index contributed by atoms with van der Waals surface area (Å²) < 4.78 is 2.36. The highest BCUT2D eigenvalue weighted by Crippen LogP contribution is 2.49. The van der Waals surface area contributed by atoms with E-state index in [1.165, 1.54) is 55.7 Å². The van der Waals surface area contributed by atoms with Gasteiger partial charge in [-0.2, -0.15) is 4.57 Å². The smallest absolute Gasteiger partial charge is 0.213 e. The van der Waals surface area contributed by atoms with Crippen molar-refractivity contribution in [3.63, 3.8) is 0 Å². The van der Waals surface area contributed by atoms with Crippen LogP contribution in [0.4, 0.5) is 0 Å². The first kappa shape index (κ1) is 19.9. The van der Waals surface area contributed by atoms with Gasteiger partial charge < -0.3 is 0 Å². The summed E-state index contributed by atoms with van der Waals surface area (Å²) in [6, 6.07) is 20.4. The van der Waals surface area contributed by atoms with Gasteiger partial charge in [0.2, 0.25) is 11.2 Å². The Morgan fingerprint density at radius 1 is 0.935 bits per heavy atom. The fourth-order valence-electron chi connectivity index (χ4n) is 5.35. The van der Waals surface area contributed by atoms with Crippen LogP contribution in [0.1, 0.15) is 50.1 Å². The molecule has 0 unspecified atom stereocenters. The average molecular weight is 408 g/mol. The second-order valence-corrected chi connectivity index (χ2v) is 9.96. The molecule has 0 saturated carbocycles. The minimum Gasteiger partial charge on any atom is -0.260 e. The minimum absolute atomic E-state index is 0.0891. The SMILES string of the molecule is Cc1cc2c(cc1-c1ccc3c(CC(C)C)cccc3[n+]1C)C(C)(C)c1ncccc1-2. The lowest BCUT2D eigenvalue weighted by Gasteiger charge is -2.21. The monoisotopic (exact) mass is 407 g/mol. The zero-order chi connectivity index (χ0) is 21.9. The lowest BCUT2D eigenvalue weighted by atomic mass is 9.83. The van der Waals surface area contributed by atoms with Crippen molar-refractivity contribution >= 4 is 10.9 Å². The van der Waals surface area contributed by atoms with Gasteiger partial charge in [0.15, 0.2) is 0 Å². The third-order valence-electron chi connectivity index (χ3n) is 6.94. The zero-order valence-corrected chi connectivity index (χ0v) is 19.5. The molecule has 4 aromatic rings. The summed E-state index contributed by atoms with van der Waals surface area (Å²) in [5.74, 6) is 0.645. The van der Waals surface area contributed by atoms with Crippen LogP contribution in [0.3, 0.4) is 0 Å². The Kier molecular flexibility index (Phi) is 4.51. The minimum atomic E-state index is -0.0891. The van der Waals surface area contributed by atoms with Gasteiger partial charge in [-0.05, 0) is 59.7 Å². The van der Waals surface area contributed by atoms with Gasteiger partial charge in [0.05, 0.1) is 5.69 Å². The highest BCUT2D eigenvalue weighted by Gasteiger charge is 2.37. The van der Waals surface area contributed by atoms with Crippen LogP contribution in [-0.2, 0) is 18.9 Å². The van der Waals surface area contributed by atoms with Gasteiger partial charge in [-0.3, -0.25) is 4.98 Å². The number of hydrogen-bond donors (Lipinski definition) is 0. The summed E-state index contributed by atoms with van der Waals surface area (Å²) >= 11 is 0. The molecule has 1 aliphatic carbocycles. The molecule has 156 valence electrons. The summed E-state index contributed by atoms with van der Waals surface area (Å²) in [6.45, 7) is 11.4. The Morgan fingerprint density at radius 2 is 1.74 bits per heavy atom. The van der Waals surface area contributed by atoms with Crippen molar-refractivity contribution in [1.82, 2.24) is 4.98 Å². The van der Waals surface area contributed by atoms with Gasteiger partial charge >= 0.3 is 0 Å². The summed E-state index contributed by atoms with van der Waals surface area (Å²) in [4.78, 5) is 4.75. The largest absolute Gasteiger partial charge is 0.260 e. The topological polar surface area (TPSA) is 16.8 Å². The average Bonchev–Trinajstić information content (AvgIpc) is 2.95. The molecule has 31 heavy (non-hydrogen) atoms. The molecular formula is C29H31N2+. The Balaban J connectivity index is 1.71. The summed E-state index contributed by atoms with van der Waals surface area (Å²) in [6.07, 6.45) is 3.02. The number of benzene rings is 2. The van der Waals surface area contributed by atoms with Gasteiger partial charge in [0.1, 0.15) is 7.05 Å². The van der Waals surface area contributed by atoms with E-state index in [0.29, 0.717) is 5.92 Å². The predicted molar refractivity (Wildman–Crippen MR) is 129 cm³/mol. The van der Waals surface area contributed by atoms with E-state index >= 15 is 0 Å². The Hall–Kier alpha value is -3.00. The first-order chi connectivity index (χ1) is 14.8. The van der Waals surface area contributed by atoms with E-state index in [-0.39, 0.29) is 5.41 Å². The van der Waals surface area contributed by atoms with Gasteiger partial charge in [0, 0.05) is 40.3 Å². The second kappa shape index (κ2) is 7.02. The number of aromatic nitrogens is 2. The van der Waals surface area contributed by atoms with Crippen LogP contribution in [-0.4, -0.2) is 4.98 Å². The van der Waals surface area contributed by atoms with E-state index in [1.54, 1.807) is 0 Å². The molecule has 0 atom stereocenters. The Morgan fingerprint density at radius 3 is 2.52 bits per heavy atom. The predicted octanol–water partition coefficient (Wildman–Crippen LogP) is 6.54. The maximum absolute atomic E-state index is 4.75. The molecule has 2 aromatic heterocycles. The molecule has 2 heterocycles. The van der Waals surface area contributed by atoms with Crippen molar-refractivity contribution in [3.05, 3.63) is 83.2 Å². The van der Waals surface area contributed by atoms with Crippen LogP contribution in [0.15, 0.2) is 60.8 Å². The first-order valence-corrected chi connectivity index (χ1v) is 11.3. The van der Waals surface area contributed by atoms with Crippen LogP contribution in [0.2, 0.25) is 0 Å². The molecule has 0 bridgehead atoms. The number of rotatable bonds is 3. The number of pyridine rings is 2. The fraction of sp³-hybridized carbons (Fsp3) is 0.310. The third-order valence-corrected chi connectivity index (χ3v) is 6.94. The number of hydrogen-bond acceptors (Lipinski definition) is 1. The highest BCUT2D eigenvalue weighted by atomic mass is 14.9. The number of fused-ring (bicyclic) bond motifs is 4. The van der Waals surface area contributed by atoms with Crippen molar-refractivity contribution in [2.45, 2.75) is 46.5 Å². The van der Waals surface area contributed by atoms with Gasteiger partial charge in [-0.25, -0.2) is 0 Å². The van der Waals surface area contributed by atoms with Crippen molar-refractivity contribution in [1.29, 1.82) is 0 Å². The molecule has 0 fully saturated rings. The van der Waals surface area contributed by atoms with Gasteiger partial charge in [-0.15, -0.1) is 0 Å². The van der Waals surface area contributed by atoms with E-state index in [2.05, 4.69) is 94.8 Å². The normalized spacial score (nSPS) is 14.2. The molecule has 0 amide bonds. The molecule has 2 aromatic carbocycles. The molecule has 5 rings (SSSR count).